The second-order valence-corrected chi connectivity index (χ2v) is 6.97. The van der Waals surface area contributed by atoms with Crippen LogP contribution in [0.2, 0.25) is 0 Å². The Bertz CT molecular complexity index is 978. The lowest BCUT2D eigenvalue weighted by atomic mass is 9.94. The van der Waals surface area contributed by atoms with Crippen molar-refractivity contribution in [2.24, 2.45) is 0 Å². The quantitative estimate of drug-likeness (QED) is 0.369. The van der Waals surface area contributed by atoms with Crippen LogP contribution in [0.5, 0.6) is 11.5 Å². The standard InChI is InChI=1S/C21H21N3O4/c25-18-6-3-13(9-19(18)26)11-22-12-17-16-10-14(24-7-1-2-8-24)4-5-15(16)20(27)23-21(17)28/h3-6,9-10,12,22,25-26H,1-2,7-8,11H2,(H,23,27,28)/b17-12+. The molecule has 0 aliphatic carbocycles. The molecule has 2 aliphatic heterocycles. The number of carbonyl (C=O) groups excluding carboxylic acids is 2. The maximum Gasteiger partial charge on any atom is 0.260 e. The van der Waals surface area contributed by atoms with Gasteiger partial charge in [0.05, 0.1) is 5.57 Å². The van der Waals surface area contributed by atoms with E-state index in [4.69, 9.17) is 0 Å². The van der Waals surface area contributed by atoms with Gasteiger partial charge in [0, 0.05) is 42.6 Å². The minimum Gasteiger partial charge on any atom is -0.504 e. The second kappa shape index (κ2) is 7.26. The normalized spacial score (nSPS) is 17.6. The highest BCUT2D eigenvalue weighted by Gasteiger charge is 2.28. The Hall–Kier alpha value is -3.48. The molecular weight excluding hydrogens is 358 g/mol. The summed E-state index contributed by atoms with van der Waals surface area (Å²) >= 11 is 0. The van der Waals surface area contributed by atoms with Crippen LogP contribution in [0, 0.1) is 0 Å². The lowest BCUT2D eigenvalue weighted by Gasteiger charge is -2.23. The topological polar surface area (TPSA) is 102 Å². The molecule has 0 radical (unpaired) electrons. The second-order valence-electron chi connectivity index (χ2n) is 6.97. The summed E-state index contributed by atoms with van der Waals surface area (Å²) in [5.74, 6) is -1.23. The number of imide groups is 1. The third kappa shape index (κ3) is 3.38. The molecule has 2 aliphatic rings. The van der Waals surface area contributed by atoms with Crippen molar-refractivity contribution < 1.29 is 19.8 Å². The third-order valence-corrected chi connectivity index (χ3v) is 5.07. The van der Waals surface area contributed by atoms with Crippen molar-refractivity contribution in [2.45, 2.75) is 19.4 Å². The van der Waals surface area contributed by atoms with Crippen LogP contribution in [0.25, 0.3) is 5.57 Å². The first kappa shape index (κ1) is 17.9. The third-order valence-electron chi connectivity index (χ3n) is 5.07. The van der Waals surface area contributed by atoms with E-state index in [1.165, 1.54) is 12.1 Å². The smallest absolute Gasteiger partial charge is 0.260 e. The Morgan fingerprint density at radius 3 is 2.50 bits per heavy atom. The zero-order chi connectivity index (χ0) is 19.7. The molecule has 28 heavy (non-hydrogen) atoms. The van der Waals surface area contributed by atoms with E-state index in [9.17, 15) is 19.8 Å². The zero-order valence-electron chi connectivity index (χ0n) is 15.2. The Kier molecular flexibility index (Phi) is 4.65. The van der Waals surface area contributed by atoms with Crippen molar-refractivity contribution in [3.63, 3.8) is 0 Å². The molecule has 4 rings (SSSR count). The number of phenolic OH excluding ortho intramolecular Hbond substituents is 2. The van der Waals surface area contributed by atoms with Crippen molar-refractivity contribution in [3.8, 4) is 11.5 Å². The molecule has 0 aromatic heterocycles. The molecular formula is C21H21N3O4. The lowest BCUT2D eigenvalue weighted by Crippen LogP contribution is -2.37. The number of fused-ring (bicyclic) bond motifs is 1. The summed E-state index contributed by atoms with van der Waals surface area (Å²) in [5, 5.41) is 24.4. The van der Waals surface area contributed by atoms with Crippen LogP contribution in [-0.2, 0) is 11.3 Å². The number of hydrogen-bond acceptors (Lipinski definition) is 6. The largest absolute Gasteiger partial charge is 0.504 e. The first-order valence-corrected chi connectivity index (χ1v) is 9.22. The van der Waals surface area contributed by atoms with E-state index in [0.29, 0.717) is 23.2 Å². The Balaban J connectivity index is 1.61. The minimum atomic E-state index is -0.447. The number of phenols is 2. The van der Waals surface area contributed by atoms with Crippen LogP contribution >= 0.6 is 0 Å². The first-order chi connectivity index (χ1) is 13.5. The van der Waals surface area contributed by atoms with Gasteiger partial charge in [0.25, 0.3) is 11.8 Å². The number of anilines is 1. The summed E-state index contributed by atoms with van der Waals surface area (Å²) in [7, 11) is 0. The summed E-state index contributed by atoms with van der Waals surface area (Å²) in [6.07, 6.45) is 3.86. The molecule has 144 valence electrons. The molecule has 4 N–H and O–H groups in total. The fourth-order valence-electron chi connectivity index (χ4n) is 3.58. The highest BCUT2D eigenvalue weighted by atomic mass is 16.3. The van der Waals surface area contributed by atoms with Gasteiger partial charge < -0.3 is 20.4 Å². The molecule has 0 bridgehead atoms. The van der Waals surface area contributed by atoms with Crippen LogP contribution in [0.3, 0.4) is 0 Å². The van der Waals surface area contributed by atoms with Gasteiger partial charge in [0.2, 0.25) is 0 Å². The monoisotopic (exact) mass is 379 g/mol. The number of nitrogens with one attached hydrogen (secondary N) is 2. The van der Waals surface area contributed by atoms with Gasteiger partial charge in [-0.2, -0.15) is 0 Å². The predicted octanol–water partition coefficient (Wildman–Crippen LogP) is 2.10. The molecule has 0 saturated carbocycles. The average molecular weight is 379 g/mol. The van der Waals surface area contributed by atoms with Gasteiger partial charge in [-0.25, -0.2) is 0 Å². The van der Waals surface area contributed by atoms with Crippen LogP contribution in [0.15, 0.2) is 42.6 Å². The van der Waals surface area contributed by atoms with Crippen LogP contribution < -0.4 is 15.5 Å². The van der Waals surface area contributed by atoms with E-state index >= 15 is 0 Å². The summed E-state index contributed by atoms with van der Waals surface area (Å²) < 4.78 is 0. The number of nitrogens with zero attached hydrogens (tertiary/aromatic N) is 1. The molecule has 0 unspecified atom stereocenters. The van der Waals surface area contributed by atoms with E-state index < -0.39 is 11.8 Å². The minimum absolute atomic E-state index is 0.185. The van der Waals surface area contributed by atoms with Crippen LogP contribution in [-0.4, -0.2) is 35.1 Å². The summed E-state index contributed by atoms with van der Waals surface area (Å²) in [6.45, 7) is 2.29. The van der Waals surface area contributed by atoms with E-state index in [0.717, 1.165) is 37.2 Å². The number of aromatic hydroxyl groups is 2. The van der Waals surface area contributed by atoms with E-state index in [1.807, 2.05) is 12.1 Å². The number of rotatable bonds is 4. The molecule has 7 heteroatoms. The fraction of sp³-hybridized carbons (Fsp3) is 0.238. The van der Waals surface area contributed by atoms with E-state index in [2.05, 4.69) is 15.5 Å². The maximum atomic E-state index is 12.4. The van der Waals surface area contributed by atoms with Crippen LogP contribution in [0.1, 0.15) is 34.3 Å². The zero-order valence-corrected chi connectivity index (χ0v) is 15.2. The molecule has 2 heterocycles. The molecule has 2 aromatic carbocycles. The Morgan fingerprint density at radius 1 is 0.964 bits per heavy atom. The van der Waals surface area contributed by atoms with Crippen molar-refractivity contribution >= 4 is 23.1 Å². The van der Waals surface area contributed by atoms with Gasteiger partial charge >= 0.3 is 0 Å². The van der Waals surface area contributed by atoms with Gasteiger partial charge in [0.1, 0.15) is 0 Å². The molecule has 7 nitrogen and oxygen atoms in total. The SMILES string of the molecule is O=C1NC(=O)c2ccc(N3CCCC3)cc2/C1=C\NCc1ccc(O)c(O)c1. The van der Waals surface area contributed by atoms with Crippen molar-refractivity contribution in [3.05, 3.63) is 59.3 Å². The van der Waals surface area contributed by atoms with Gasteiger partial charge in [-0.3, -0.25) is 14.9 Å². The summed E-state index contributed by atoms with van der Waals surface area (Å²) in [5.41, 5.74) is 3.22. The van der Waals surface area contributed by atoms with E-state index in [-0.39, 0.29) is 11.5 Å². The summed E-state index contributed by atoms with van der Waals surface area (Å²) in [6, 6.07) is 10.1. The molecule has 2 amide bonds. The molecule has 1 saturated heterocycles. The Labute approximate surface area is 162 Å². The van der Waals surface area contributed by atoms with Crippen molar-refractivity contribution in [1.82, 2.24) is 10.6 Å². The molecule has 1 fully saturated rings. The van der Waals surface area contributed by atoms with Gasteiger partial charge in [-0.05, 0) is 48.7 Å². The first-order valence-electron chi connectivity index (χ1n) is 9.22. The number of benzene rings is 2. The highest BCUT2D eigenvalue weighted by molar-refractivity contribution is 6.31. The molecule has 2 aromatic rings. The predicted molar refractivity (Wildman–Crippen MR) is 105 cm³/mol. The summed E-state index contributed by atoms with van der Waals surface area (Å²) in [4.78, 5) is 26.9. The lowest BCUT2D eigenvalue weighted by molar-refractivity contribution is -0.114. The molecule has 0 atom stereocenters. The van der Waals surface area contributed by atoms with E-state index in [1.54, 1.807) is 18.3 Å². The fourth-order valence-corrected chi connectivity index (χ4v) is 3.58. The Morgan fingerprint density at radius 2 is 1.75 bits per heavy atom. The highest BCUT2D eigenvalue weighted by Crippen LogP contribution is 2.30. The molecule has 0 spiro atoms. The van der Waals surface area contributed by atoms with Gasteiger partial charge in [-0.15, -0.1) is 0 Å². The van der Waals surface area contributed by atoms with Gasteiger partial charge in [0.15, 0.2) is 11.5 Å². The van der Waals surface area contributed by atoms with Gasteiger partial charge in [-0.1, -0.05) is 6.07 Å². The number of carbonyl (C=O) groups is 2. The van der Waals surface area contributed by atoms with Crippen molar-refractivity contribution in [2.75, 3.05) is 18.0 Å². The average Bonchev–Trinajstić information content (AvgIpc) is 3.21. The van der Waals surface area contributed by atoms with Crippen LogP contribution in [0.4, 0.5) is 5.69 Å². The van der Waals surface area contributed by atoms with Crippen molar-refractivity contribution in [1.29, 1.82) is 0 Å². The number of hydrogen-bond donors (Lipinski definition) is 4. The number of amides is 2. The maximum absolute atomic E-state index is 12.4.